The first-order valence-electron chi connectivity index (χ1n) is 5.68. The van der Waals surface area contributed by atoms with Gasteiger partial charge in [-0.3, -0.25) is 9.48 Å². The molecule has 6 heteroatoms. The van der Waals surface area contributed by atoms with Gasteiger partial charge in [0, 0.05) is 18.4 Å². The third-order valence-electron chi connectivity index (χ3n) is 2.63. The Labute approximate surface area is 107 Å². The molecule has 1 rings (SSSR count). The molecule has 0 amide bonds. The minimum Gasteiger partial charge on any atom is -0.298 e. The first-order valence-corrected chi connectivity index (χ1v) is 7.74. The number of hydrogen-bond donors (Lipinski definition) is 0. The quantitative estimate of drug-likeness (QED) is 0.555. The summed E-state index contributed by atoms with van der Waals surface area (Å²) in [5, 5.41) is 4.28. The van der Waals surface area contributed by atoms with Crippen LogP contribution in [0.3, 0.4) is 0 Å². The third kappa shape index (κ3) is 4.10. The number of hydrogen-bond acceptors (Lipinski definition) is 4. The van der Waals surface area contributed by atoms with E-state index in [0.717, 1.165) is 12.7 Å². The summed E-state index contributed by atoms with van der Waals surface area (Å²) in [6.45, 7) is 5.88. The van der Waals surface area contributed by atoms with E-state index < -0.39 is 9.84 Å². The molecule has 0 saturated carbocycles. The van der Waals surface area contributed by atoms with Gasteiger partial charge in [0.2, 0.25) is 0 Å². The maximum Gasteiger partial charge on any atom is 0.153 e. The molecule has 0 aliphatic rings. The van der Waals surface area contributed by atoms with E-state index in [1.54, 1.807) is 12.3 Å². The highest BCUT2D eigenvalue weighted by molar-refractivity contribution is 7.90. The van der Waals surface area contributed by atoms with E-state index in [1.165, 1.54) is 10.9 Å². The number of carbonyl (C=O) groups excluding carboxylic acids is 1. The Kier molecular flexibility index (Phi) is 4.84. The molecular weight excluding hydrogens is 252 g/mol. The summed E-state index contributed by atoms with van der Waals surface area (Å²) in [6.07, 6.45) is 6.02. The van der Waals surface area contributed by atoms with Gasteiger partial charge in [-0.25, -0.2) is 8.42 Å². The van der Waals surface area contributed by atoms with Crippen LogP contribution in [0.4, 0.5) is 0 Å². The largest absolute Gasteiger partial charge is 0.298 e. The average molecular weight is 270 g/mol. The number of nitrogens with zero attached hydrogens (tertiary/aromatic N) is 2. The normalized spacial score (nSPS) is 13.2. The van der Waals surface area contributed by atoms with E-state index in [9.17, 15) is 13.2 Å². The summed E-state index contributed by atoms with van der Waals surface area (Å²) in [5.41, 5.74) is 1.20. The van der Waals surface area contributed by atoms with Crippen molar-refractivity contribution in [2.24, 2.45) is 0 Å². The van der Waals surface area contributed by atoms with Crippen molar-refractivity contribution in [1.29, 1.82) is 0 Å². The number of carbonyl (C=O) groups is 1. The fourth-order valence-corrected chi connectivity index (χ4v) is 2.18. The van der Waals surface area contributed by atoms with Crippen LogP contribution >= 0.6 is 0 Å². The molecule has 1 aromatic heterocycles. The number of aldehydes is 1. The number of rotatable bonds is 7. The van der Waals surface area contributed by atoms with E-state index in [0.29, 0.717) is 11.3 Å². The van der Waals surface area contributed by atoms with Crippen molar-refractivity contribution in [2.75, 3.05) is 12.0 Å². The fourth-order valence-electron chi connectivity index (χ4n) is 1.66. The molecule has 0 saturated heterocycles. The van der Waals surface area contributed by atoms with Crippen molar-refractivity contribution in [1.82, 2.24) is 9.78 Å². The average Bonchev–Trinajstić information content (AvgIpc) is 2.69. The first-order chi connectivity index (χ1) is 8.37. The maximum atomic E-state index is 11.1. The molecule has 0 radical (unpaired) electrons. The van der Waals surface area contributed by atoms with Crippen LogP contribution in [0.5, 0.6) is 0 Å². The van der Waals surface area contributed by atoms with Gasteiger partial charge in [0.05, 0.1) is 23.6 Å². The smallest absolute Gasteiger partial charge is 0.153 e. The summed E-state index contributed by atoms with van der Waals surface area (Å²) >= 11 is 0. The topological polar surface area (TPSA) is 69.0 Å². The van der Waals surface area contributed by atoms with Crippen LogP contribution in [0.25, 0.3) is 0 Å². The van der Waals surface area contributed by atoms with Crippen LogP contribution in [0.1, 0.15) is 35.3 Å². The molecule has 0 spiro atoms. The SMILES string of the molecule is C=CCC(C)c1nn(CCS(C)(=O)=O)cc1C=O. The van der Waals surface area contributed by atoms with Crippen LogP contribution in [-0.2, 0) is 16.4 Å². The summed E-state index contributed by atoms with van der Waals surface area (Å²) in [4.78, 5) is 11.0. The van der Waals surface area contributed by atoms with Crippen molar-refractivity contribution in [3.05, 3.63) is 30.1 Å². The molecule has 100 valence electrons. The van der Waals surface area contributed by atoms with E-state index >= 15 is 0 Å². The van der Waals surface area contributed by atoms with Crippen molar-refractivity contribution < 1.29 is 13.2 Å². The second-order valence-electron chi connectivity index (χ2n) is 4.41. The summed E-state index contributed by atoms with van der Waals surface area (Å²) in [6, 6.07) is 0. The van der Waals surface area contributed by atoms with Gasteiger partial charge in [-0.15, -0.1) is 6.58 Å². The van der Waals surface area contributed by atoms with Crippen molar-refractivity contribution in [3.8, 4) is 0 Å². The Morgan fingerprint density at radius 1 is 1.56 bits per heavy atom. The van der Waals surface area contributed by atoms with E-state index in [1.807, 2.05) is 6.92 Å². The van der Waals surface area contributed by atoms with Gasteiger partial charge in [0.15, 0.2) is 6.29 Å². The van der Waals surface area contributed by atoms with E-state index in [-0.39, 0.29) is 18.2 Å². The van der Waals surface area contributed by atoms with Crippen LogP contribution in [0.2, 0.25) is 0 Å². The van der Waals surface area contributed by atoms with Crippen molar-refractivity contribution in [2.45, 2.75) is 25.8 Å². The lowest BCUT2D eigenvalue weighted by Gasteiger charge is -2.05. The maximum absolute atomic E-state index is 11.1. The lowest BCUT2D eigenvalue weighted by Crippen LogP contribution is -2.11. The number of sulfone groups is 1. The monoisotopic (exact) mass is 270 g/mol. The Hall–Kier alpha value is -1.43. The lowest BCUT2D eigenvalue weighted by molar-refractivity contribution is 0.112. The number of aryl methyl sites for hydroxylation is 1. The summed E-state index contributed by atoms with van der Waals surface area (Å²) < 4.78 is 23.7. The van der Waals surface area contributed by atoms with Crippen LogP contribution in [0, 0.1) is 0 Å². The zero-order valence-electron chi connectivity index (χ0n) is 10.7. The fraction of sp³-hybridized carbons (Fsp3) is 0.500. The standard InChI is InChI=1S/C12H18N2O3S/c1-4-5-10(2)12-11(9-15)8-14(13-12)6-7-18(3,16)17/h4,8-10H,1,5-7H2,2-3H3. The van der Waals surface area contributed by atoms with E-state index in [4.69, 9.17) is 0 Å². The first kappa shape index (κ1) is 14.6. The van der Waals surface area contributed by atoms with Crippen LogP contribution in [0.15, 0.2) is 18.9 Å². The molecule has 18 heavy (non-hydrogen) atoms. The molecule has 0 aromatic carbocycles. The molecule has 1 unspecified atom stereocenters. The molecule has 0 N–H and O–H groups in total. The lowest BCUT2D eigenvalue weighted by atomic mass is 10.0. The van der Waals surface area contributed by atoms with Gasteiger partial charge in [-0.05, 0) is 6.42 Å². The van der Waals surface area contributed by atoms with Gasteiger partial charge in [-0.2, -0.15) is 5.10 Å². The Balaban J connectivity index is 2.90. The molecular formula is C12H18N2O3S. The molecule has 0 aliphatic heterocycles. The molecule has 0 fully saturated rings. The van der Waals surface area contributed by atoms with Gasteiger partial charge >= 0.3 is 0 Å². The van der Waals surface area contributed by atoms with Crippen LogP contribution in [-0.4, -0.2) is 36.5 Å². The minimum absolute atomic E-state index is 0.0161. The summed E-state index contributed by atoms with van der Waals surface area (Å²) in [5.74, 6) is 0.115. The highest BCUT2D eigenvalue weighted by Crippen LogP contribution is 2.20. The number of allylic oxidation sites excluding steroid dienone is 1. The zero-order chi connectivity index (χ0) is 13.8. The van der Waals surface area contributed by atoms with Crippen LogP contribution < -0.4 is 0 Å². The molecule has 5 nitrogen and oxygen atoms in total. The third-order valence-corrected chi connectivity index (χ3v) is 3.55. The van der Waals surface area contributed by atoms with Crippen molar-refractivity contribution >= 4 is 16.1 Å². The predicted octanol–water partition coefficient (Wildman–Crippen LogP) is 1.42. The highest BCUT2D eigenvalue weighted by atomic mass is 32.2. The number of aromatic nitrogens is 2. The molecule has 1 aromatic rings. The van der Waals surface area contributed by atoms with Gasteiger partial charge in [0.1, 0.15) is 9.84 Å². The Morgan fingerprint density at radius 2 is 2.22 bits per heavy atom. The second kappa shape index (κ2) is 5.95. The van der Waals surface area contributed by atoms with Gasteiger partial charge in [0.25, 0.3) is 0 Å². The van der Waals surface area contributed by atoms with Crippen molar-refractivity contribution in [3.63, 3.8) is 0 Å². The zero-order valence-corrected chi connectivity index (χ0v) is 11.5. The van der Waals surface area contributed by atoms with E-state index in [2.05, 4.69) is 11.7 Å². The molecule has 0 aliphatic carbocycles. The minimum atomic E-state index is -3.03. The Morgan fingerprint density at radius 3 is 2.72 bits per heavy atom. The molecule has 1 atom stereocenters. The summed E-state index contributed by atoms with van der Waals surface area (Å²) in [7, 11) is -3.03. The van der Waals surface area contributed by atoms with Gasteiger partial charge in [-0.1, -0.05) is 13.0 Å². The molecule has 1 heterocycles. The predicted molar refractivity (Wildman–Crippen MR) is 70.6 cm³/mol. The second-order valence-corrected chi connectivity index (χ2v) is 6.67. The Bertz CT molecular complexity index is 532. The highest BCUT2D eigenvalue weighted by Gasteiger charge is 2.15. The van der Waals surface area contributed by atoms with Gasteiger partial charge < -0.3 is 0 Å². The molecule has 0 bridgehead atoms.